The summed E-state index contributed by atoms with van der Waals surface area (Å²) in [4.78, 5) is 27.0. The second-order valence-corrected chi connectivity index (χ2v) is 8.50. The van der Waals surface area contributed by atoms with Crippen LogP contribution in [0.2, 0.25) is 0 Å². The molecule has 0 spiro atoms. The number of halogens is 1. The van der Waals surface area contributed by atoms with Crippen LogP contribution in [-0.4, -0.2) is 48.1 Å². The van der Waals surface area contributed by atoms with Crippen molar-refractivity contribution < 1.29 is 19.4 Å². The molecule has 2 aromatic rings. The van der Waals surface area contributed by atoms with Crippen LogP contribution < -0.4 is 16.0 Å². The monoisotopic (exact) mass is 460 g/mol. The van der Waals surface area contributed by atoms with Crippen molar-refractivity contribution in [1.29, 1.82) is 5.41 Å². The van der Waals surface area contributed by atoms with Gasteiger partial charge >= 0.3 is 0 Å². The van der Waals surface area contributed by atoms with Gasteiger partial charge in [0, 0.05) is 23.5 Å². The van der Waals surface area contributed by atoms with Gasteiger partial charge < -0.3 is 25.8 Å². The summed E-state index contributed by atoms with van der Waals surface area (Å²) in [6.45, 7) is 6.88. The number of amides is 2. The van der Waals surface area contributed by atoms with E-state index < -0.39 is 24.0 Å². The van der Waals surface area contributed by atoms with E-state index in [1.807, 2.05) is 24.3 Å². The smallest absolute Gasteiger partial charge is 0.259 e. The molecular weight excluding hydrogens is 432 g/mol. The van der Waals surface area contributed by atoms with Crippen LogP contribution >= 0.6 is 12.4 Å². The van der Waals surface area contributed by atoms with E-state index in [9.17, 15) is 14.7 Å². The number of aliphatic hydroxyl groups excluding tert-OH is 1. The number of hydrogen-bond acceptors (Lipinski definition) is 5. The highest BCUT2D eigenvalue weighted by Crippen LogP contribution is 2.26. The molecule has 0 aliphatic carbocycles. The number of morpholine rings is 1. The van der Waals surface area contributed by atoms with Gasteiger partial charge in [0.25, 0.3) is 11.8 Å². The molecule has 1 fully saturated rings. The summed E-state index contributed by atoms with van der Waals surface area (Å²) in [5.74, 6) is -1.31. The lowest BCUT2D eigenvalue weighted by Gasteiger charge is -2.34. The van der Waals surface area contributed by atoms with Gasteiger partial charge in [0.2, 0.25) is 0 Å². The maximum atomic E-state index is 12.9. The number of nitrogens with zero attached hydrogens (tertiary/aromatic N) is 1. The summed E-state index contributed by atoms with van der Waals surface area (Å²) in [5.41, 5.74) is 8.16. The Hall–Kier alpha value is -2.94. The van der Waals surface area contributed by atoms with E-state index >= 15 is 0 Å². The Kier molecular flexibility index (Phi) is 8.01. The molecule has 2 atom stereocenters. The number of carbonyl (C=O) groups is 2. The molecule has 0 bridgehead atoms. The average molecular weight is 461 g/mol. The Morgan fingerprint density at radius 1 is 1.19 bits per heavy atom. The zero-order valence-electron chi connectivity index (χ0n) is 18.3. The molecule has 172 valence electrons. The molecule has 2 aromatic carbocycles. The van der Waals surface area contributed by atoms with Crippen molar-refractivity contribution in [3.63, 3.8) is 0 Å². The minimum Gasteiger partial charge on any atom is -0.384 e. The van der Waals surface area contributed by atoms with E-state index in [0.29, 0.717) is 23.5 Å². The number of rotatable bonds is 5. The van der Waals surface area contributed by atoms with Crippen molar-refractivity contribution in [2.24, 2.45) is 5.73 Å². The second kappa shape index (κ2) is 10.1. The van der Waals surface area contributed by atoms with Gasteiger partial charge in [0.15, 0.2) is 12.2 Å². The minimum absolute atomic E-state index is 0. The van der Waals surface area contributed by atoms with Gasteiger partial charge in [-0.15, -0.1) is 12.4 Å². The van der Waals surface area contributed by atoms with Gasteiger partial charge in [-0.3, -0.25) is 15.0 Å². The Balaban J connectivity index is 0.00000363. The van der Waals surface area contributed by atoms with Crippen LogP contribution in [0.25, 0.3) is 0 Å². The summed E-state index contributed by atoms with van der Waals surface area (Å²) in [7, 11) is 0. The van der Waals surface area contributed by atoms with E-state index in [4.69, 9.17) is 15.9 Å². The highest BCUT2D eigenvalue weighted by atomic mass is 35.5. The lowest BCUT2D eigenvalue weighted by atomic mass is 9.87. The first-order chi connectivity index (χ1) is 14.6. The van der Waals surface area contributed by atoms with E-state index in [0.717, 1.165) is 5.56 Å². The van der Waals surface area contributed by atoms with Gasteiger partial charge in [0.05, 0.1) is 6.61 Å². The van der Waals surface area contributed by atoms with Crippen LogP contribution in [0.4, 0.5) is 11.4 Å². The first-order valence-corrected chi connectivity index (χ1v) is 10.0. The summed E-state index contributed by atoms with van der Waals surface area (Å²) in [6.07, 6.45) is -2.97. The molecule has 3 rings (SSSR count). The lowest BCUT2D eigenvalue weighted by Crippen LogP contribution is -2.55. The molecule has 0 unspecified atom stereocenters. The lowest BCUT2D eigenvalue weighted by molar-refractivity contribution is -0.150. The third-order valence-electron chi connectivity index (χ3n) is 5.19. The van der Waals surface area contributed by atoms with Crippen LogP contribution in [0.3, 0.4) is 0 Å². The molecule has 9 heteroatoms. The molecule has 1 heterocycles. The summed E-state index contributed by atoms with van der Waals surface area (Å²) < 4.78 is 5.44. The van der Waals surface area contributed by atoms with Crippen molar-refractivity contribution in [2.75, 3.05) is 23.4 Å². The van der Waals surface area contributed by atoms with E-state index in [1.165, 1.54) is 4.90 Å². The largest absolute Gasteiger partial charge is 0.384 e. The topological polar surface area (TPSA) is 129 Å². The molecule has 1 aliphatic heterocycles. The molecule has 2 amide bonds. The van der Waals surface area contributed by atoms with Crippen molar-refractivity contribution in [2.45, 2.75) is 38.4 Å². The zero-order valence-corrected chi connectivity index (χ0v) is 19.1. The fourth-order valence-corrected chi connectivity index (χ4v) is 3.32. The van der Waals surface area contributed by atoms with Gasteiger partial charge in [-0.05, 0) is 47.4 Å². The maximum Gasteiger partial charge on any atom is 0.259 e. The van der Waals surface area contributed by atoms with Gasteiger partial charge in [0.1, 0.15) is 5.84 Å². The van der Waals surface area contributed by atoms with Crippen LogP contribution in [0.1, 0.15) is 31.9 Å². The van der Waals surface area contributed by atoms with Gasteiger partial charge in [-0.1, -0.05) is 32.9 Å². The van der Waals surface area contributed by atoms with Crippen LogP contribution in [-0.2, 0) is 19.7 Å². The Morgan fingerprint density at radius 3 is 2.31 bits per heavy atom. The van der Waals surface area contributed by atoms with Crippen LogP contribution in [0.5, 0.6) is 0 Å². The number of anilines is 2. The molecule has 1 aliphatic rings. The van der Waals surface area contributed by atoms with Crippen molar-refractivity contribution in [3.05, 3.63) is 59.7 Å². The Labute approximate surface area is 193 Å². The van der Waals surface area contributed by atoms with Crippen LogP contribution in [0.15, 0.2) is 48.5 Å². The van der Waals surface area contributed by atoms with E-state index in [1.54, 1.807) is 24.3 Å². The van der Waals surface area contributed by atoms with Crippen molar-refractivity contribution in [3.8, 4) is 0 Å². The Morgan fingerprint density at radius 2 is 1.78 bits per heavy atom. The van der Waals surface area contributed by atoms with Gasteiger partial charge in [-0.25, -0.2) is 0 Å². The predicted octanol–water partition coefficient (Wildman–Crippen LogP) is 2.42. The number of aliphatic hydroxyl groups is 1. The third-order valence-corrected chi connectivity index (χ3v) is 5.19. The third kappa shape index (κ3) is 5.64. The molecule has 32 heavy (non-hydrogen) atoms. The van der Waals surface area contributed by atoms with E-state index in [2.05, 4.69) is 26.1 Å². The molecule has 0 radical (unpaired) electrons. The number of amidine groups is 1. The summed E-state index contributed by atoms with van der Waals surface area (Å²) in [5, 5.41) is 20.4. The zero-order chi connectivity index (χ0) is 22.8. The number of hydrogen-bond donors (Lipinski definition) is 4. The molecule has 1 saturated heterocycles. The minimum atomic E-state index is -1.67. The predicted molar refractivity (Wildman–Crippen MR) is 127 cm³/mol. The SMILES string of the molecule is CC(C)(C)c1ccc(N2CCO[C@H]([C@@H](O)C(=O)Nc3ccc(C(=N)N)cc3)C2=O)cc1.Cl. The first-order valence-electron chi connectivity index (χ1n) is 10.0. The normalized spacial score (nSPS) is 17.3. The fraction of sp³-hybridized carbons (Fsp3) is 0.348. The molecule has 0 aromatic heterocycles. The van der Waals surface area contributed by atoms with Gasteiger partial charge in [-0.2, -0.15) is 0 Å². The quantitative estimate of drug-likeness (QED) is 0.402. The first kappa shape index (κ1) is 25.3. The molecular formula is C23H29ClN4O4. The van der Waals surface area contributed by atoms with Crippen molar-refractivity contribution in [1.82, 2.24) is 0 Å². The second-order valence-electron chi connectivity index (χ2n) is 8.50. The number of nitrogens with two attached hydrogens (primary N) is 1. The number of ether oxygens (including phenoxy) is 1. The fourth-order valence-electron chi connectivity index (χ4n) is 3.32. The van der Waals surface area contributed by atoms with Crippen molar-refractivity contribution >= 4 is 41.4 Å². The number of carbonyl (C=O) groups excluding carboxylic acids is 2. The summed E-state index contributed by atoms with van der Waals surface area (Å²) >= 11 is 0. The Bertz CT molecular complexity index is 971. The molecule has 0 saturated carbocycles. The molecule has 8 nitrogen and oxygen atoms in total. The number of benzene rings is 2. The average Bonchev–Trinajstić information content (AvgIpc) is 2.73. The summed E-state index contributed by atoms with van der Waals surface area (Å²) in [6, 6.07) is 14.0. The standard InChI is InChI=1S/C23H28N4O4.ClH/c1-23(2,3)15-6-10-17(11-7-15)27-12-13-31-19(22(27)30)18(28)21(29)26-16-8-4-14(5-9-16)20(24)25;/h4-11,18-19,28H,12-13H2,1-3H3,(H3,24,25)(H,26,29);1H/t18-,19-;/m1./s1. The van der Waals surface area contributed by atoms with Crippen LogP contribution in [0, 0.1) is 5.41 Å². The molecule has 5 N–H and O–H groups in total. The van der Waals surface area contributed by atoms with E-state index in [-0.39, 0.29) is 30.3 Å². The highest BCUT2D eigenvalue weighted by molar-refractivity contribution is 6.04. The number of nitrogens with one attached hydrogen (secondary N) is 2. The maximum absolute atomic E-state index is 12.9. The highest BCUT2D eigenvalue weighted by Gasteiger charge is 2.39. The number of nitrogen functional groups attached to an aromatic ring is 1.